The lowest BCUT2D eigenvalue weighted by Gasteiger charge is -2.15. The lowest BCUT2D eigenvalue weighted by molar-refractivity contribution is 0.0572. The van der Waals surface area contributed by atoms with Crippen LogP contribution in [0.5, 0.6) is 5.75 Å². The van der Waals surface area contributed by atoms with Crippen molar-refractivity contribution in [1.29, 1.82) is 0 Å². The number of carbonyl (C=O) groups excluding carboxylic acids is 1. The second-order valence-corrected chi connectivity index (χ2v) is 3.74. The summed E-state index contributed by atoms with van der Waals surface area (Å²) in [5, 5.41) is 28.1. The third-order valence-electron chi connectivity index (χ3n) is 2.58. The van der Waals surface area contributed by atoms with Crippen LogP contribution in [0.15, 0.2) is 18.5 Å². The van der Waals surface area contributed by atoms with Crippen LogP contribution in [0.3, 0.4) is 0 Å². The van der Waals surface area contributed by atoms with Gasteiger partial charge >= 0.3 is 0 Å². The van der Waals surface area contributed by atoms with Gasteiger partial charge in [-0.3, -0.25) is 9.78 Å². The highest BCUT2D eigenvalue weighted by Crippen LogP contribution is 2.19. The molecular formula is C10H12N2O4. The molecule has 1 aliphatic rings. The number of rotatable bonds is 1. The van der Waals surface area contributed by atoms with E-state index >= 15 is 0 Å². The van der Waals surface area contributed by atoms with Crippen LogP contribution in [-0.4, -0.2) is 56.4 Å². The highest BCUT2D eigenvalue weighted by Gasteiger charge is 2.33. The Balaban J connectivity index is 2.18. The predicted octanol–water partition coefficient (Wildman–Crippen LogP) is -1.04. The Labute approximate surface area is 91.8 Å². The van der Waals surface area contributed by atoms with E-state index in [-0.39, 0.29) is 24.4 Å². The number of likely N-dealkylation sites (tertiary alicyclic amines) is 1. The Morgan fingerprint density at radius 1 is 1.38 bits per heavy atom. The number of aliphatic hydroxyl groups is 2. The van der Waals surface area contributed by atoms with Crippen LogP contribution in [0.4, 0.5) is 0 Å². The first-order chi connectivity index (χ1) is 7.59. The summed E-state index contributed by atoms with van der Waals surface area (Å²) in [6.07, 6.45) is 0.729. The van der Waals surface area contributed by atoms with Crippen molar-refractivity contribution in [2.24, 2.45) is 0 Å². The molecule has 1 saturated heterocycles. The van der Waals surface area contributed by atoms with E-state index in [1.807, 2.05) is 0 Å². The number of carbonyl (C=O) groups is 1. The Morgan fingerprint density at radius 2 is 2.00 bits per heavy atom. The molecule has 0 bridgehead atoms. The largest absolute Gasteiger partial charge is 0.505 e. The smallest absolute Gasteiger partial charge is 0.257 e. The average Bonchev–Trinajstić information content (AvgIpc) is 2.59. The fourth-order valence-corrected chi connectivity index (χ4v) is 1.67. The van der Waals surface area contributed by atoms with Gasteiger partial charge in [0, 0.05) is 19.3 Å². The van der Waals surface area contributed by atoms with Crippen molar-refractivity contribution in [2.75, 3.05) is 13.1 Å². The first kappa shape index (κ1) is 10.8. The maximum Gasteiger partial charge on any atom is 0.257 e. The summed E-state index contributed by atoms with van der Waals surface area (Å²) in [7, 11) is 0. The monoisotopic (exact) mass is 224 g/mol. The minimum absolute atomic E-state index is 0.0712. The molecule has 1 aromatic rings. The minimum Gasteiger partial charge on any atom is -0.505 e. The van der Waals surface area contributed by atoms with E-state index in [1.165, 1.54) is 23.4 Å². The SMILES string of the molecule is O=C(c1ccncc1O)N1C[C@@H](O)[C@@H](O)C1. The number of hydrogen-bond acceptors (Lipinski definition) is 5. The van der Waals surface area contributed by atoms with Gasteiger partial charge in [-0.25, -0.2) is 0 Å². The normalized spacial score (nSPS) is 24.8. The Bertz CT molecular complexity index is 400. The van der Waals surface area contributed by atoms with Gasteiger partial charge in [0.1, 0.15) is 5.75 Å². The zero-order chi connectivity index (χ0) is 11.7. The molecule has 0 saturated carbocycles. The van der Waals surface area contributed by atoms with Crippen molar-refractivity contribution >= 4 is 5.91 Å². The molecule has 1 aromatic heterocycles. The summed E-state index contributed by atoms with van der Waals surface area (Å²) < 4.78 is 0. The predicted molar refractivity (Wildman–Crippen MR) is 53.8 cm³/mol. The number of aromatic nitrogens is 1. The molecular weight excluding hydrogens is 212 g/mol. The summed E-state index contributed by atoms with van der Waals surface area (Å²) >= 11 is 0. The van der Waals surface area contributed by atoms with Gasteiger partial charge in [-0.05, 0) is 6.07 Å². The molecule has 2 rings (SSSR count). The van der Waals surface area contributed by atoms with Gasteiger partial charge in [-0.2, -0.15) is 0 Å². The Hall–Kier alpha value is -1.66. The lowest BCUT2D eigenvalue weighted by atomic mass is 10.2. The van der Waals surface area contributed by atoms with E-state index in [4.69, 9.17) is 0 Å². The molecule has 0 aliphatic carbocycles. The maximum absolute atomic E-state index is 11.9. The quantitative estimate of drug-likeness (QED) is 0.566. The summed E-state index contributed by atoms with van der Waals surface area (Å²) in [5.74, 6) is -0.626. The van der Waals surface area contributed by atoms with Gasteiger partial charge in [0.2, 0.25) is 0 Å². The third-order valence-corrected chi connectivity index (χ3v) is 2.58. The second-order valence-electron chi connectivity index (χ2n) is 3.74. The van der Waals surface area contributed by atoms with Crippen LogP contribution >= 0.6 is 0 Å². The molecule has 86 valence electrons. The summed E-state index contributed by atoms with van der Waals surface area (Å²) in [5.41, 5.74) is 0.122. The van der Waals surface area contributed by atoms with E-state index in [0.717, 1.165) is 0 Å². The van der Waals surface area contributed by atoms with E-state index in [2.05, 4.69) is 4.98 Å². The van der Waals surface area contributed by atoms with E-state index < -0.39 is 18.1 Å². The molecule has 16 heavy (non-hydrogen) atoms. The zero-order valence-corrected chi connectivity index (χ0v) is 8.45. The molecule has 1 amide bonds. The van der Waals surface area contributed by atoms with Crippen LogP contribution in [0.2, 0.25) is 0 Å². The molecule has 6 nitrogen and oxygen atoms in total. The molecule has 6 heteroatoms. The number of aromatic hydroxyl groups is 1. The summed E-state index contributed by atoms with van der Waals surface area (Å²) in [6, 6.07) is 1.40. The van der Waals surface area contributed by atoms with Crippen molar-refractivity contribution < 1.29 is 20.1 Å². The van der Waals surface area contributed by atoms with Gasteiger partial charge in [0.05, 0.1) is 24.0 Å². The summed E-state index contributed by atoms with van der Waals surface area (Å²) in [4.78, 5) is 16.8. The van der Waals surface area contributed by atoms with Crippen LogP contribution in [0.25, 0.3) is 0 Å². The Kier molecular flexibility index (Phi) is 2.76. The summed E-state index contributed by atoms with van der Waals surface area (Å²) in [6.45, 7) is 0.142. The second kappa shape index (κ2) is 4.07. The van der Waals surface area contributed by atoms with E-state index in [9.17, 15) is 20.1 Å². The number of amides is 1. The first-order valence-corrected chi connectivity index (χ1v) is 4.88. The first-order valence-electron chi connectivity index (χ1n) is 4.88. The third kappa shape index (κ3) is 1.84. The van der Waals surface area contributed by atoms with Crippen molar-refractivity contribution in [2.45, 2.75) is 12.2 Å². The topological polar surface area (TPSA) is 93.9 Å². The number of pyridine rings is 1. The lowest BCUT2D eigenvalue weighted by Crippen LogP contribution is -2.29. The number of nitrogens with zero attached hydrogens (tertiary/aromatic N) is 2. The number of aliphatic hydroxyl groups excluding tert-OH is 2. The number of hydrogen-bond donors (Lipinski definition) is 3. The van der Waals surface area contributed by atoms with Gasteiger partial charge in [-0.1, -0.05) is 0 Å². The molecule has 0 radical (unpaired) electrons. The standard InChI is InChI=1S/C10H12N2O4/c13-7-3-11-2-1-6(7)10(16)12-4-8(14)9(15)5-12/h1-3,8-9,13-15H,4-5H2/t8-,9+. The molecule has 2 heterocycles. The van der Waals surface area contributed by atoms with E-state index in [0.29, 0.717) is 0 Å². The minimum atomic E-state index is -0.923. The molecule has 2 atom stereocenters. The van der Waals surface area contributed by atoms with Gasteiger partial charge in [0.25, 0.3) is 5.91 Å². The average molecular weight is 224 g/mol. The van der Waals surface area contributed by atoms with Crippen LogP contribution in [0, 0.1) is 0 Å². The maximum atomic E-state index is 11.9. The van der Waals surface area contributed by atoms with Crippen molar-refractivity contribution in [1.82, 2.24) is 9.88 Å². The number of β-amino-alcohol motifs (C(OH)–C–C–N with tert-alkyl or cyclic N) is 2. The fraction of sp³-hybridized carbons (Fsp3) is 0.400. The molecule has 0 spiro atoms. The molecule has 0 aromatic carbocycles. The van der Waals surface area contributed by atoms with Crippen LogP contribution < -0.4 is 0 Å². The molecule has 3 N–H and O–H groups in total. The van der Waals surface area contributed by atoms with Crippen molar-refractivity contribution in [3.63, 3.8) is 0 Å². The van der Waals surface area contributed by atoms with Crippen LogP contribution in [-0.2, 0) is 0 Å². The highest BCUT2D eigenvalue weighted by atomic mass is 16.3. The van der Waals surface area contributed by atoms with Gasteiger partial charge in [0.15, 0.2) is 0 Å². The van der Waals surface area contributed by atoms with Crippen molar-refractivity contribution in [3.8, 4) is 5.75 Å². The van der Waals surface area contributed by atoms with Gasteiger partial charge in [-0.15, -0.1) is 0 Å². The Morgan fingerprint density at radius 3 is 2.56 bits per heavy atom. The van der Waals surface area contributed by atoms with Gasteiger partial charge < -0.3 is 20.2 Å². The highest BCUT2D eigenvalue weighted by molar-refractivity contribution is 5.96. The van der Waals surface area contributed by atoms with Crippen LogP contribution in [0.1, 0.15) is 10.4 Å². The zero-order valence-electron chi connectivity index (χ0n) is 8.45. The fourth-order valence-electron chi connectivity index (χ4n) is 1.67. The van der Waals surface area contributed by atoms with Crippen molar-refractivity contribution in [3.05, 3.63) is 24.0 Å². The molecule has 1 fully saturated rings. The molecule has 1 aliphatic heterocycles. The molecule has 0 unspecified atom stereocenters. The van der Waals surface area contributed by atoms with E-state index in [1.54, 1.807) is 0 Å².